The van der Waals surface area contributed by atoms with Crippen LogP contribution in [0.25, 0.3) is 10.9 Å². The van der Waals surface area contributed by atoms with Gasteiger partial charge in [0.25, 0.3) is 0 Å². The second-order valence-corrected chi connectivity index (χ2v) is 7.19. The quantitative estimate of drug-likeness (QED) is 0.424. The molecule has 0 amide bonds. The molecule has 0 spiro atoms. The Balaban J connectivity index is 1.86. The van der Waals surface area contributed by atoms with Crippen LogP contribution in [-0.2, 0) is 0 Å². The van der Waals surface area contributed by atoms with Crippen LogP contribution in [0.4, 0.5) is 0 Å². The molecule has 0 bridgehead atoms. The van der Waals surface area contributed by atoms with Gasteiger partial charge in [0.15, 0.2) is 0 Å². The fraction of sp³-hybridized carbons (Fsp3) is 0.0909. The highest BCUT2D eigenvalue weighted by molar-refractivity contribution is 6.30. The van der Waals surface area contributed by atoms with Crippen molar-refractivity contribution in [1.82, 2.24) is 4.98 Å². The lowest BCUT2D eigenvalue weighted by atomic mass is 9.83. The molecule has 0 saturated heterocycles. The van der Waals surface area contributed by atoms with Gasteiger partial charge in [-0.05, 0) is 47.0 Å². The summed E-state index contributed by atoms with van der Waals surface area (Å²) in [5, 5.41) is 13.7. The van der Waals surface area contributed by atoms with Crippen LogP contribution in [0, 0.1) is 0 Å². The predicted molar refractivity (Wildman–Crippen MR) is 108 cm³/mol. The van der Waals surface area contributed by atoms with E-state index in [4.69, 9.17) is 23.2 Å². The standard InChI is InChI=1S/C22H17Cl2NO/c23-16-9-5-14(6-10-16)21(22(26)15-7-11-17(24)12-8-15)19-13-25-20-4-2-1-3-18(19)20/h1-13,21-22,25-26H/t21-,22+/m1/s1. The summed E-state index contributed by atoms with van der Waals surface area (Å²) in [6.07, 6.45) is 1.26. The Kier molecular flexibility index (Phi) is 4.73. The molecule has 3 aromatic carbocycles. The van der Waals surface area contributed by atoms with E-state index in [1.807, 2.05) is 60.8 Å². The minimum absolute atomic E-state index is 0.232. The van der Waals surface area contributed by atoms with Gasteiger partial charge in [-0.3, -0.25) is 0 Å². The molecule has 130 valence electrons. The van der Waals surface area contributed by atoms with Gasteiger partial charge in [-0.1, -0.05) is 65.7 Å². The number of hydrogen-bond donors (Lipinski definition) is 2. The average molecular weight is 382 g/mol. The molecule has 2 N–H and O–H groups in total. The summed E-state index contributed by atoms with van der Waals surface area (Å²) >= 11 is 12.1. The van der Waals surface area contributed by atoms with E-state index in [1.165, 1.54) is 0 Å². The summed E-state index contributed by atoms with van der Waals surface area (Å²) in [7, 11) is 0. The van der Waals surface area contributed by atoms with Gasteiger partial charge in [0.05, 0.1) is 6.10 Å². The fourth-order valence-electron chi connectivity index (χ4n) is 3.41. The van der Waals surface area contributed by atoms with Gasteiger partial charge < -0.3 is 10.1 Å². The lowest BCUT2D eigenvalue weighted by molar-refractivity contribution is 0.159. The molecule has 1 aromatic heterocycles. The van der Waals surface area contributed by atoms with Crippen molar-refractivity contribution >= 4 is 34.1 Å². The van der Waals surface area contributed by atoms with Gasteiger partial charge in [-0.25, -0.2) is 0 Å². The highest BCUT2D eigenvalue weighted by Crippen LogP contribution is 2.40. The molecule has 0 fully saturated rings. The van der Waals surface area contributed by atoms with Crippen molar-refractivity contribution in [2.45, 2.75) is 12.0 Å². The molecule has 26 heavy (non-hydrogen) atoms. The van der Waals surface area contributed by atoms with Crippen LogP contribution in [0.1, 0.15) is 28.7 Å². The first kappa shape index (κ1) is 17.2. The Morgan fingerprint density at radius 2 is 1.31 bits per heavy atom. The third kappa shape index (κ3) is 3.24. The van der Waals surface area contributed by atoms with E-state index in [0.717, 1.165) is 27.6 Å². The van der Waals surface area contributed by atoms with E-state index in [0.29, 0.717) is 10.0 Å². The number of aliphatic hydroxyl groups is 1. The molecular weight excluding hydrogens is 365 g/mol. The molecule has 2 atom stereocenters. The largest absolute Gasteiger partial charge is 0.387 e. The van der Waals surface area contributed by atoms with Crippen LogP contribution in [-0.4, -0.2) is 10.1 Å². The van der Waals surface area contributed by atoms with Crippen molar-refractivity contribution < 1.29 is 5.11 Å². The minimum atomic E-state index is -0.715. The monoisotopic (exact) mass is 381 g/mol. The second-order valence-electron chi connectivity index (χ2n) is 6.32. The Bertz CT molecular complexity index is 1020. The van der Waals surface area contributed by atoms with Crippen molar-refractivity contribution in [3.63, 3.8) is 0 Å². The van der Waals surface area contributed by atoms with Gasteiger partial charge in [0.1, 0.15) is 0 Å². The van der Waals surface area contributed by atoms with Crippen molar-refractivity contribution in [3.05, 3.63) is 106 Å². The molecule has 2 nitrogen and oxygen atoms in total. The maximum absolute atomic E-state index is 11.2. The van der Waals surface area contributed by atoms with Crippen LogP contribution in [0.2, 0.25) is 10.0 Å². The zero-order valence-electron chi connectivity index (χ0n) is 13.9. The maximum Gasteiger partial charge on any atom is 0.0899 e. The number of H-pyrrole nitrogens is 1. The molecule has 0 saturated carbocycles. The number of fused-ring (bicyclic) bond motifs is 1. The van der Waals surface area contributed by atoms with E-state index in [1.54, 1.807) is 12.1 Å². The SMILES string of the molecule is O[C@@H](c1ccc(Cl)cc1)[C@H](c1ccc(Cl)cc1)c1c[nH]c2ccccc12. The maximum atomic E-state index is 11.2. The molecule has 0 aliphatic heterocycles. The Hall–Kier alpha value is -2.26. The first-order valence-electron chi connectivity index (χ1n) is 8.38. The Morgan fingerprint density at radius 3 is 1.96 bits per heavy atom. The van der Waals surface area contributed by atoms with E-state index >= 15 is 0 Å². The van der Waals surface area contributed by atoms with Crippen LogP contribution in [0.15, 0.2) is 79.0 Å². The highest BCUT2D eigenvalue weighted by Gasteiger charge is 2.27. The lowest BCUT2D eigenvalue weighted by Crippen LogP contribution is -2.12. The number of halogens is 2. The third-order valence-electron chi connectivity index (χ3n) is 4.71. The van der Waals surface area contributed by atoms with Crippen LogP contribution < -0.4 is 0 Å². The molecule has 1 heterocycles. The Morgan fingerprint density at radius 1 is 0.731 bits per heavy atom. The second kappa shape index (κ2) is 7.16. The number of aromatic amines is 1. The number of para-hydroxylation sites is 1. The summed E-state index contributed by atoms with van der Waals surface area (Å²) in [5.41, 5.74) is 3.91. The molecule has 0 aliphatic rings. The van der Waals surface area contributed by atoms with Gasteiger partial charge in [-0.15, -0.1) is 0 Å². The topological polar surface area (TPSA) is 36.0 Å². The zero-order chi connectivity index (χ0) is 18.1. The summed E-state index contributed by atoms with van der Waals surface area (Å²) in [6, 6.07) is 23.1. The number of aromatic nitrogens is 1. The summed E-state index contributed by atoms with van der Waals surface area (Å²) in [4.78, 5) is 3.31. The number of hydrogen-bond acceptors (Lipinski definition) is 1. The molecule has 4 aromatic rings. The molecular formula is C22H17Cl2NO. The van der Waals surface area contributed by atoms with Gasteiger partial charge >= 0.3 is 0 Å². The summed E-state index contributed by atoms with van der Waals surface area (Å²) in [6.45, 7) is 0. The van der Waals surface area contributed by atoms with E-state index in [2.05, 4.69) is 11.1 Å². The van der Waals surface area contributed by atoms with Crippen molar-refractivity contribution in [2.24, 2.45) is 0 Å². The summed E-state index contributed by atoms with van der Waals surface area (Å²) in [5.74, 6) is -0.232. The molecule has 0 unspecified atom stereocenters. The first-order chi connectivity index (χ1) is 12.6. The first-order valence-corrected chi connectivity index (χ1v) is 9.14. The van der Waals surface area contributed by atoms with Crippen molar-refractivity contribution in [1.29, 1.82) is 0 Å². The van der Waals surface area contributed by atoms with Crippen LogP contribution in [0.3, 0.4) is 0 Å². The fourth-order valence-corrected chi connectivity index (χ4v) is 3.66. The van der Waals surface area contributed by atoms with Crippen LogP contribution in [0.5, 0.6) is 0 Å². The zero-order valence-corrected chi connectivity index (χ0v) is 15.4. The average Bonchev–Trinajstić information content (AvgIpc) is 3.08. The third-order valence-corrected chi connectivity index (χ3v) is 5.22. The summed E-state index contributed by atoms with van der Waals surface area (Å²) < 4.78 is 0. The van der Waals surface area contributed by atoms with Crippen molar-refractivity contribution in [3.8, 4) is 0 Å². The molecule has 0 aliphatic carbocycles. The predicted octanol–water partition coefficient (Wildman–Crippen LogP) is 6.34. The van der Waals surface area contributed by atoms with Gasteiger partial charge in [0.2, 0.25) is 0 Å². The number of benzene rings is 3. The van der Waals surface area contributed by atoms with Gasteiger partial charge in [0, 0.05) is 33.1 Å². The minimum Gasteiger partial charge on any atom is -0.387 e. The van der Waals surface area contributed by atoms with E-state index < -0.39 is 6.10 Å². The number of rotatable bonds is 4. The number of aliphatic hydroxyl groups excluding tert-OH is 1. The number of nitrogens with one attached hydrogen (secondary N) is 1. The highest BCUT2D eigenvalue weighted by atomic mass is 35.5. The smallest absolute Gasteiger partial charge is 0.0899 e. The van der Waals surface area contributed by atoms with Gasteiger partial charge in [-0.2, -0.15) is 0 Å². The lowest BCUT2D eigenvalue weighted by Gasteiger charge is -2.24. The van der Waals surface area contributed by atoms with Crippen molar-refractivity contribution in [2.75, 3.05) is 0 Å². The molecule has 4 heteroatoms. The normalized spacial score (nSPS) is 13.7. The Labute approximate surface area is 162 Å². The molecule has 0 radical (unpaired) electrons. The molecule has 4 rings (SSSR count). The van der Waals surface area contributed by atoms with E-state index in [9.17, 15) is 5.11 Å². The van der Waals surface area contributed by atoms with E-state index in [-0.39, 0.29) is 5.92 Å². The van der Waals surface area contributed by atoms with Crippen LogP contribution >= 0.6 is 23.2 Å².